The maximum atomic E-state index is 12.3. The molecule has 0 unspecified atom stereocenters. The molecule has 2 amide bonds. The van der Waals surface area contributed by atoms with Crippen LogP contribution in [0.2, 0.25) is 0 Å². The van der Waals surface area contributed by atoms with E-state index in [-0.39, 0.29) is 24.5 Å². The van der Waals surface area contributed by atoms with E-state index >= 15 is 0 Å². The van der Waals surface area contributed by atoms with Gasteiger partial charge in [0.15, 0.2) is 6.61 Å². The number of piperidine rings is 1. The molecule has 0 atom stereocenters. The summed E-state index contributed by atoms with van der Waals surface area (Å²) in [5.74, 6) is 0.601. The fraction of sp³-hybridized carbons (Fsp3) is 0.400. The minimum Gasteiger partial charge on any atom is -0.483 e. The lowest BCUT2D eigenvalue weighted by Gasteiger charge is -2.32. The molecule has 138 valence electrons. The third kappa shape index (κ3) is 4.45. The van der Waals surface area contributed by atoms with Crippen LogP contribution in [0.15, 0.2) is 47.3 Å². The molecule has 3 rings (SSSR count). The molecule has 1 saturated heterocycles. The lowest BCUT2D eigenvalue weighted by Crippen LogP contribution is -2.47. The Hall–Kier alpha value is -2.76. The van der Waals surface area contributed by atoms with Gasteiger partial charge in [0.05, 0.1) is 11.8 Å². The molecular formula is C20H24N2O4. The number of hydrogen-bond donors (Lipinski definition) is 1. The molecule has 6 heteroatoms. The Balaban J connectivity index is 1.43. The van der Waals surface area contributed by atoms with Gasteiger partial charge in [-0.1, -0.05) is 25.1 Å². The van der Waals surface area contributed by atoms with Crippen molar-refractivity contribution in [3.8, 4) is 5.75 Å². The molecule has 2 heterocycles. The lowest BCUT2D eigenvalue weighted by atomic mass is 10.0. The fourth-order valence-electron chi connectivity index (χ4n) is 3.15. The number of nitrogens with one attached hydrogen (secondary N) is 1. The molecule has 1 aliphatic rings. The van der Waals surface area contributed by atoms with Crippen molar-refractivity contribution in [3.05, 3.63) is 54.0 Å². The van der Waals surface area contributed by atoms with Gasteiger partial charge in [0, 0.05) is 19.1 Å². The Bertz CT molecular complexity index is 734. The number of furan rings is 1. The molecule has 2 aromatic rings. The van der Waals surface area contributed by atoms with Crippen LogP contribution in [0.1, 0.15) is 35.7 Å². The lowest BCUT2D eigenvalue weighted by molar-refractivity contribution is -0.124. The second kappa shape index (κ2) is 8.56. The second-order valence-corrected chi connectivity index (χ2v) is 6.40. The Morgan fingerprint density at radius 3 is 2.69 bits per heavy atom. The first-order chi connectivity index (χ1) is 12.7. The van der Waals surface area contributed by atoms with Crippen LogP contribution in [0.3, 0.4) is 0 Å². The summed E-state index contributed by atoms with van der Waals surface area (Å²) in [6.07, 6.45) is 5.29. The maximum Gasteiger partial charge on any atom is 0.258 e. The van der Waals surface area contributed by atoms with E-state index in [9.17, 15) is 9.59 Å². The summed E-state index contributed by atoms with van der Waals surface area (Å²) in [6, 6.07) is 9.48. The third-order valence-electron chi connectivity index (χ3n) is 4.63. The van der Waals surface area contributed by atoms with E-state index in [4.69, 9.17) is 9.15 Å². The highest BCUT2D eigenvalue weighted by Crippen LogP contribution is 2.18. The molecule has 0 spiro atoms. The van der Waals surface area contributed by atoms with Gasteiger partial charge in [-0.05, 0) is 37.0 Å². The van der Waals surface area contributed by atoms with Gasteiger partial charge in [0.2, 0.25) is 0 Å². The van der Waals surface area contributed by atoms with E-state index in [2.05, 4.69) is 12.2 Å². The van der Waals surface area contributed by atoms with Crippen LogP contribution in [0.25, 0.3) is 0 Å². The average Bonchev–Trinajstić information content (AvgIpc) is 3.21. The summed E-state index contributed by atoms with van der Waals surface area (Å²) in [4.78, 5) is 26.2. The number of ether oxygens (including phenoxy) is 1. The topological polar surface area (TPSA) is 71.8 Å². The first-order valence-electron chi connectivity index (χ1n) is 8.99. The van der Waals surface area contributed by atoms with Crippen molar-refractivity contribution < 1.29 is 18.7 Å². The van der Waals surface area contributed by atoms with Crippen molar-refractivity contribution in [2.45, 2.75) is 32.2 Å². The molecular weight excluding hydrogens is 332 g/mol. The number of hydrogen-bond acceptors (Lipinski definition) is 4. The predicted molar refractivity (Wildman–Crippen MR) is 97.1 cm³/mol. The molecule has 6 nitrogen and oxygen atoms in total. The van der Waals surface area contributed by atoms with Crippen LogP contribution in [0.5, 0.6) is 5.75 Å². The third-order valence-corrected chi connectivity index (χ3v) is 4.63. The minimum absolute atomic E-state index is 0.00514. The van der Waals surface area contributed by atoms with Crippen molar-refractivity contribution in [2.24, 2.45) is 0 Å². The Morgan fingerprint density at radius 2 is 2.00 bits per heavy atom. The van der Waals surface area contributed by atoms with E-state index in [0.717, 1.165) is 30.6 Å². The van der Waals surface area contributed by atoms with Crippen molar-refractivity contribution in [1.29, 1.82) is 0 Å². The summed E-state index contributed by atoms with van der Waals surface area (Å²) < 4.78 is 10.6. The van der Waals surface area contributed by atoms with Crippen molar-refractivity contribution in [2.75, 3.05) is 19.7 Å². The summed E-state index contributed by atoms with van der Waals surface area (Å²) in [7, 11) is 0. The first-order valence-corrected chi connectivity index (χ1v) is 8.99. The number of carbonyl (C=O) groups is 2. The predicted octanol–water partition coefficient (Wildman–Crippen LogP) is 2.64. The van der Waals surface area contributed by atoms with Gasteiger partial charge >= 0.3 is 0 Å². The number of nitrogens with zero attached hydrogens (tertiary/aromatic N) is 1. The van der Waals surface area contributed by atoms with Gasteiger partial charge in [-0.15, -0.1) is 0 Å². The monoisotopic (exact) mass is 356 g/mol. The number of likely N-dealkylation sites (tertiary alicyclic amines) is 1. The zero-order valence-electron chi connectivity index (χ0n) is 14.9. The summed E-state index contributed by atoms with van der Waals surface area (Å²) in [5, 5.41) is 3.00. The van der Waals surface area contributed by atoms with Crippen LogP contribution in [0.4, 0.5) is 0 Å². The number of carbonyl (C=O) groups excluding carboxylic acids is 2. The van der Waals surface area contributed by atoms with Crippen LogP contribution < -0.4 is 10.1 Å². The fourth-order valence-corrected chi connectivity index (χ4v) is 3.15. The van der Waals surface area contributed by atoms with Crippen LogP contribution in [-0.4, -0.2) is 42.5 Å². The van der Waals surface area contributed by atoms with Gasteiger partial charge in [0.1, 0.15) is 12.0 Å². The highest BCUT2D eigenvalue weighted by Gasteiger charge is 2.25. The molecule has 1 aliphatic heterocycles. The standard InChI is InChI=1S/C20H24N2O4/c1-2-15-5-3-4-6-18(15)26-14-19(23)21-17-7-10-22(11-8-17)20(24)16-9-12-25-13-16/h3-6,9,12-13,17H,2,7-8,10-11,14H2,1H3,(H,21,23). The van der Waals surface area contributed by atoms with Gasteiger partial charge in [0.25, 0.3) is 11.8 Å². The van der Waals surface area contributed by atoms with E-state index in [1.165, 1.54) is 12.5 Å². The smallest absolute Gasteiger partial charge is 0.258 e. The summed E-state index contributed by atoms with van der Waals surface area (Å²) in [5.41, 5.74) is 1.65. The molecule has 1 aromatic carbocycles. The normalized spacial score (nSPS) is 14.9. The molecule has 1 N–H and O–H groups in total. The quantitative estimate of drug-likeness (QED) is 0.864. The second-order valence-electron chi connectivity index (χ2n) is 6.40. The molecule has 0 radical (unpaired) electrons. The molecule has 0 aliphatic carbocycles. The van der Waals surface area contributed by atoms with Crippen LogP contribution in [0, 0.1) is 0 Å². The van der Waals surface area contributed by atoms with Crippen molar-refractivity contribution in [1.82, 2.24) is 10.2 Å². The molecule has 1 fully saturated rings. The zero-order chi connectivity index (χ0) is 18.4. The van der Waals surface area contributed by atoms with Gasteiger partial charge in [-0.2, -0.15) is 0 Å². The molecule has 0 bridgehead atoms. The summed E-state index contributed by atoms with van der Waals surface area (Å²) >= 11 is 0. The van der Waals surface area contributed by atoms with E-state index in [0.29, 0.717) is 18.7 Å². The SMILES string of the molecule is CCc1ccccc1OCC(=O)NC1CCN(C(=O)c2ccoc2)CC1. The van der Waals surface area contributed by atoms with Gasteiger partial charge in [-0.3, -0.25) is 9.59 Å². The van der Waals surface area contributed by atoms with Crippen molar-refractivity contribution in [3.63, 3.8) is 0 Å². The largest absolute Gasteiger partial charge is 0.483 e. The maximum absolute atomic E-state index is 12.3. The van der Waals surface area contributed by atoms with E-state index < -0.39 is 0 Å². The number of para-hydroxylation sites is 1. The van der Waals surface area contributed by atoms with Crippen LogP contribution in [-0.2, 0) is 11.2 Å². The number of rotatable bonds is 6. The highest BCUT2D eigenvalue weighted by atomic mass is 16.5. The molecule has 1 aromatic heterocycles. The van der Waals surface area contributed by atoms with Gasteiger partial charge < -0.3 is 19.4 Å². The molecule has 26 heavy (non-hydrogen) atoms. The highest BCUT2D eigenvalue weighted by molar-refractivity contribution is 5.93. The zero-order valence-corrected chi connectivity index (χ0v) is 14.9. The van der Waals surface area contributed by atoms with Gasteiger partial charge in [-0.25, -0.2) is 0 Å². The first kappa shape index (κ1) is 18.0. The van der Waals surface area contributed by atoms with E-state index in [1.807, 2.05) is 24.3 Å². The van der Waals surface area contributed by atoms with E-state index in [1.54, 1.807) is 11.0 Å². The molecule has 0 saturated carbocycles. The average molecular weight is 356 g/mol. The number of aryl methyl sites for hydroxylation is 1. The van der Waals surface area contributed by atoms with Crippen molar-refractivity contribution >= 4 is 11.8 Å². The number of amides is 2. The minimum atomic E-state index is -0.129. The Morgan fingerprint density at radius 1 is 1.23 bits per heavy atom. The Labute approximate surface area is 153 Å². The van der Waals surface area contributed by atoms with Crippen LogP contribution >= 0.6 is 0 Å². The Kier molecular flexibility index (Phi) is 5.94. The summed E-state index contributed by atoms with van der Waals surface area (Å²) in [6.45, 7) is 3.30. The number of benzene rings is 1.